The number of likely N-dealkylation sites (N-methyl/N-ethyl adjacent to an activating group) is 1. The van der Waals surface area contributed by atoms with E-state index >= 15 is 0 Å². The SMILES string of the molecule is CCNC(=O)[C@H](C)OC(=O)[C@@H]1CCCCN1S(=O)(=O)c1ccc(C)cc1. The minimum atomic E-state index is -3.81. The number of aryl methyl sites for hydroxylation is 1. The number of nitrogens with zero attached hydrogens (tertiary/aromatic N) is 1. The predicted octanol–water partition coefficient (Wildman–Crippen LogP) is 1.61. The van der Waals surface area contributed by atoms with Gasteiger partial charge in [0.15, 0.2) is 6.10 Å². The molecule has 0 spiro atoms. The fourth-order valence-electron chi connectivity index (χ4n) is 2.90. The van der Waals surface area contributed by atoms with Gasteiger partial charge in [-0.05, 0) is 52.2 Å². The minimum absolute atomic E-state index is 0.152. The van der Waals surface area contributed by atoms with E-state index in [2.05, 4.69) is 5.32 Å². The second-order valence-electron chi connectivity index (χ2n) is 6.41. The monoisotopic (exact) mass is 382 g/mol. The number of nitrogens with one attached hydrogen (secondary N) is 1. The number of carbonyl (C=O) groups excluding carboxylic acids is 2. The highest BCUT2D eigenvalue weighted by molar-refractivity contribution is 7.89. The van der Waals surface area contributed by atoms with Gasteiger partial charge in [0.05, 0.1) is 4.90 Å². The quantitative estimate of drug-likeness (QED) is 0.755. The number of amides is 1. The summed E-state index contributed by atoms with van der Waals surface area (Å²) < 4.78 is 32.4. The molecule has 0 radical (unpaired) electrons. The van der Waals surface area contributed by atoms with Crippen molar-refractivity contribution in [1.29, 1.82) is 0 Å². The molecule has 1 saturated heterocycles. The minimum Gasteiger partial charge on any atom is -0.451 e. The molecule has 1 aliphatic heterocycles. The number of esters is 1. The zero-order valence-corrected chi connectivity index (χ0v) is 16.2. The summed E-state index contributed by atoms with van der Waals surface area (Å²) >= 11 is 0. The predicted molar refractivity (Wildman–Crippen MR) is 96.9 cm³/mol. The molecular weight excluding hydrogens is 356 g/mol. The summed E-state index contributed by atoms with van der Waals surface area (Å²) in [5.74, 6) is -1.08. The Morgan fingerprint density at radius 3 is 2.54 bits per heavy atom. The molecular formula is C18H26N2O5S. The molecule has 1 aromatic carbocycles. The van der Waals surface area contributed by atoms with Crippen LogP contribution in [0.4, 0.5) is 0 Å². The molecule has 26 heavy (non-hydrogen) atoms. The van der Waals surface area contributed by atoms with Crippen molar-refractivity contribution >= 4 is 21.9 Å². The molecule has 8 heteroatoms. The van der Waals surface area contributed by atoms with Crippen LogP contribution in [-0.2, 0) is 24.3 Å². The van der Waals surface area contributed by atoms with E-state index in [9.17, 15) is 18.0 Å². The third kappa shape index (κ3) is 4.62. The largest absolute Gasteiger partial charge is 0.451 e. The van der Waals surface area contributed by atoms with E-state index in [4.69, 9.17) is 4.74 Å². The first-order valence-electron chi connectivity index (χ1n) is 8.84. The summed E-state index contributed by atoms with van der Waals surface area (Å²) in [6, 6.07) is 5.62. The Bertz CT molecular complexity index is 745. The van der Waals surface area contributed by atoms with Crippen molar-refractivity contribution < 1.29 is 22.7 Å². The van der Waals surface area contributed by atoms with Crippen LogP contribution in [0, 0.1) is 6.92 Å². The van der Waals surface area contributed by atoms with Gasteiger partial charge in [-0.1, -0.05) is 17.7 Å². The number of sulfonamides is 1. The van der Waals surface area contributed by atoms with Crippen molar-refractivity contribution in [3.8, 4) is 0 Å². The second kappa shape index (κ2) is 8.64. The fourth-order valence-corrected chi connectivity index (χ4v) is 4.54. The first kappa shape index (κ1) is 20.4. The lowest BCUT2D eigenvalue weighted by Crippen LogP contribution is -2.50. The summed E-state index contributed by atoms with van der Waals surface area (Å²) in [5, 5.41) is 2.58. The van der Waals surface area contributed by atoms with Crippen molar-refractivity contribution in [3.05, 3.63) is 29.8 Å². The van der Waals surface area contributed by atoms with Gasteiger partial charge in [-0.2, -0.15) is 4.31 Å². The van der Waals surface area contributed by atoms with Gasteiger partial charge in [0.2, 0.25) is 10.0 Å². The molecule has 0 saturated carbocycles. The molecule has 2 atom stereocenters. The van der Waals surface area contributed by atoms with Crippen molar-refractivity contribution in [2.24, 2.45) is 0 Å². The Morgan fingerprint density at radius 2 is 1.92 bits per heavy atom. The molecule has 1 fully saturated rings. The van der Waals surface area contributed by atoms with E-state index < -0.39 is 34.0 Å². The molecule has 1 aromatic rings. The first-order valence-corrected chi connectivity index (χ1v) is 10.3. The number of hydrogen-bond donors (Lipinski definition) is 1. The molecule has 7 nitrogen and oxygen atoms in total. The molecule has 1 heterocycles. The second-order valence-corrected chi connectivity index (χ2v) is 8.30. The summed E-state index contributed by atoms with van der Waals surface area (Å²) in [6.07, 6.45) is 0.829. The molecule has 1 aliphatic rings. The lowest BCUT2D eigenvalue weighted by Gasteiger charge is -2.33. The van der Waals surface area contributed by atoms with Gasteiger partial charge >= 0.3 is 5.97 Å². The highest BCUT2D eigenvalue weighted by atomic mass is 32.2. The van der Waals surface area contributed by atoms with Crippen LogP contribution in [0.3, 0.4) is 0 Å². The number of carbonyl (C=O) groups is 2. The Labute approximate surface area is 154 Å². The Kier molecular flexibility index (Phi) is 6.77. The molecule has 0 unspecified atom stereocenters. The van der Waals surface area contributed by atoms with E-state index in [1.807, 2.05) is 6.92 Å². The normalized spacial score (nSPS) is 19.6. The lowest BCUT2D eigenvalue weighted by molar-refractivity contribution is -0.159. The van der Waals surface area contributed by atoms with Gasteiger partial charge in [0, 0.05) is 13.1 Å². The van der Waals surface area contributed by atoms with Crippen molar-refractivity contribution in [1.82, 2.24) is 9.62 Å². The zero-order valence-electron chi connectivity index (χ0n) is 15.4. The Balaban J connectivity index is 2.19. The van der Waals surface area contributed by atoms with E-state index in [0.29, 0.717) is 19.4 Å². The zero-order chi connectivity index (χ0) is 19.3. The topological polar surface area (TPSA) is 92.8 Å². The maximum Gasteiger partial charge on any atom is 0.325 e. The molecule has 0 bridgehead atoms. The highest BCUT2D eigenvalue weighted by Gasteiger charge is 2.39. The van der Waals surface area contributed by atoms with Gasteiger partial charge in [0.25, 0.3) is 5.91 Å². The van der Waals surface area contributed by atoms with Crippen LogP contribution in [0.2, 0.25) is 0 Å². The average molecular weight is 382 g/mol. The van der Waals surface area contributed by atoms with Gasteiger partial charge in [0.1, 0.15) is 6.04 Å². The fraction of sp³-hybridized carbons (Fsp3) is 0.556. The molecule has 0 aliphatic carbocycles. The van der Waals surface area contributed by atoms with Crippen LogP contribution in [0.5, 0.6) is 0 Å². The third-order valence-electron chi connectivity index (χ3n) is 4.37. The van der Waals surface area contributed by atoms with Gasteiger partial charge in [-0.15, -0.1) is 0 Å². The number of hydrogen-bond acceptors (Lipinski definition) is 5. The summed E-state index contributed by atoms with van der Waals surface area (Å²) in [4.78, 5) is 24.5. The number of rotatable bonds is 6. The standard InChI is InChI=1S/C18H26N2O5S/c1-4-19-17(21)14(3)25-18(22)16-7-5-6-12-20(16)26(23,24)15-10-8-13(2)9-11-15/h8-11,14,16H,4-7,12H2,1-3H3,(H,19,21)/t14-,16-/m0/s1. The van der Waals surface area contributed by atoms with E-state index in [0.717, 1.165) is 12.0 Å². The number of benzene rings is 1. The summed E-state index contributed by atoms with van der Waals surface area (Å²) in [7, 11) is -3.81. The highest BCUT2D eigenvalue weighted by Crippen LogP contribution is 2.26. The van der Waals surface area contributed by atoms with Crippen LogP contribution < -0.4 is 5.32 Å². The average Bonchev–Trinajstić information content (AvgIpc) is 2.62. The molecule has 1 amide bonds. The van der Waals surface area contributed by atoms with Gasteiger partial charge in [-0.25, -0.2) is 8.42 Å². The van der Waals surface area contributed by atoms with E-state index in [1.54, 1.807) is 31.2 Å². The summed E-state index contributed by atoms with van der Waals surface area (Å²) in [6.45, 7) is 5.80. The smallest absolute Gasteiger partial charge is 0.325 e. The number of ether oxygens (including phenoxy) is 1. The maximum atomic E-state index is 13.0. The number of piperidine rings is 1. The first-order chi connectivity index (χ1) is 12.3. The van der Waals surface area contributed by atoms with Crippen molar-refractivity contribution in [2.75, 3.05) is 13.1 Å². The van der Waals surface area contributed by atoms with E-state index in [1.165, 1.54) is 11.2 Å². The third-order valence-corrected chi connectivity index (χ3v) is 6.29. The Hall–Kier alpha value is -1.93. The van der Waals surface area contributed by atoms with Crippen LogP contribution in [-0.4, -0.2) is 49.8 Å². The van der Waals surface area contributed by atoms with Crippen molar-refractivity contribution in [2.45, 2.75) is 57.1 Å². The van der Waals surface area contributed by atoms with Crippen LogP contribution >= 0.6 is 0 Å². The molecule has 2 rings (SSSR count). The van der Waals surface area contributed by atoms with Crippen LogP contribution in [0.15, 0.2) is 29.2 Å². The van der Waals surface area contributed by atoms with Crippen LogP contribution in [0.1, 0.15) is 38.7 Å². The lowest BCUT2D eigenvalue weighted by atomic mass is 10.1. The maximum absolute atomic E-state index is 13.0. The molecule has 1 N–H and O–H groups in total. The van der Waals surface area contributed by atoms with E-state index in [-0.39, 0.29) is 11.4 Å². The summed E-state index contributed by atoms with van der Waals surface area (Å²) in [5.41, 5.74) is 0.953. The van der Waals surface area contributed by atoms with Crippen LogP contribution in [0.25, 0.3) is 0 Å². The molecule has 144 valence electrons. The van der Waals surface area contributed by atoms with Crippen molar-refractivity contribution in [3.63, 3.8) is 0 Å². The Morgan fingerprint density at radius 1 is 1.27 bits per heavy atom. The van der Waals surface area contributed by atoms with Gasteiger partial charge in [-0.3, -0.25) is 9.59 Å². The van der Waals surface area contributed by atoms with Gasteiger partial charge < -0.3 is 10.1 Å². The molecule has 0 aromatic heterocycles.